The van der Waals surface area contributed by atoms with Crippen LogP contribution >= 0.6 is 23.4 Å². The number of hydrogen-bond acceptors (Lipinski definition) is 4. The Labute approximate surface area is 138 Å². The first-order valence-corrected chi connectivity index (χ1v) is 8.26. The maximum Gasteiger partial charge on any atom is 0.319 e. The van der Waals surface area contributed by atoms with Crippen molar-refractivity contribution >= 4 is 40.9 Å². The molecule has 0 fully saturated rings. The fourth-order valence-electron chi connectivity index (χ4n) is 1.65. The molecule has 0 aliphatic heterocycles. The Morgan fingerprint density at radius 2 is 2.09 bits per heavy atom. The number of hydrogen-bond donors (Lipinski definition) is 1. The zero-order chi connectivity index (χ0) is 16.7. The summed E-state index contributed by atoms with van der Waals surface area (Å²) in [5.41, 5.74) is 0.0569. The molecule has 0 saturated carbocycles. The molecule has 1 aromatic rings. The van der Waals surface area contributed by atoms with Crippen molar-refractivity contribution in [1.29, 1.82) is 0 Å². The van der Waals surface area contributed by atoms with Crippen molar-refractivity contribution in [1.82, 2.24) is 0 Å². The number of ether oxygens (including phenoxy) is 1. The molecule has 0 heterocycles. The molecule has 122 valence electrons. The number of rotatable bonds is 7. The number of esters is 1. The lowest BCUT2D eigenvalue weighted by Gasteiger charge is -2.13. The third-order valence-corrected chi connectivity index (χ3v) is 4.26. The number of thioether (sulfide) groups is 1. The van der Waals surface area contributed by atoms with Gasteiger partial charge in [0.1, 0.15) is 11.1 Å². The molecule has 0 radical (unpaired) electrons. The second kappa shape index (κ2) is 9.00. The van der Waals surface area contributed by atoms with E-state index in [4.69, 9.17) is 16.3 Å². The third kappa shape index (κ3) is 5.50. The van der Waals surface area contributed by atoms with Crippen molar-refractivity contribution in [3.8, 4) is 0 Å². The smallest absolute Gasteiger partial charge is 0.319 e. The summed E-state index contributed by atoms with van der Waals surface area (Å²) in [4.78, 5) is 23.7. The second-order valence-electron chi connectivity index (χ2n) is 4.57. The highest BCUT2D eigenvalue weighted by atomic mass is 35.5. The average Bonchev–Trinajstić information content (AvgIpc) is 2.44. The Kier molecular flexibility index (Phi) is 7.68. The maximum absolute atomic E-state index is 13.8. The van der Waals surface area contributed by atoms with Gasteiger partial charge in [0, 0.05) is 11.3 Å². The van der Waals surface area contributed by atoms with E-state index in [2.05, 4.69) is 5.32 Å². The fraction of sp³-hybridized carbons (Fsp3) is 0.467. The highest BCUT2D eigenvalue weighted by Crippen LogP contribution is 2.34. The number of anilines is 1. The first kappa shape index (κ1) is 18.8. The monoisotopic (exact) mass is 347 g/mol. The summed E-state index contributed by atoms with van der Waals surface area (Å²) in [7, 11) is 0. The SMILES string of the molecule is CCCC(=O)Nc1cc(SC(C)C(=O)OCC)c(Cl)cc1F. The Bertz CT molecular complexity index is 554. The summed E-state index contributed by atoms with van der Waals surface area (Å²) in [5, 5.41) is 2.21. The van der Waals surface area contributed by atoms with Gasteiger partial charge in [-0.05, 0) is 32.4 Å². The van der Waals surface area contributed by atoms with Gasteiger partial charge < -0.3 is 10.1 Å². The third-order valence-electron chi connectivity index (χ3n) is 2.69. The minimum Gasteiger partial charge on any atom is -0.465 e. The molecular formula is C15H19ClFNO3S. The summed E-state index contributed by atoms with van der Waals surface area (Å²) >= 11 is 7.16. The van der Waals surface area contributed by atoms with Crippen LogP contribution in [0.2, 0.25) is 5.02 Å². The molecule has 7 heteroatoms. The summed E-state index contributed by atoms with van der Waals surface area (Å²) in [6.07, 6.45) is 0.978. The van der Waals surface area contributed by atoms with Crippen molar-refractivity contribution in [3.05, 3.63) is 23.0 Å². The zero-order valence-corrected chi connectivity index (χ0v) is 14.3. The van der Waals surface area contributed by atoms with E-state index < -0.39 is 11.1 Å². The Balaban J connectivity index is 2.91. The van der Waals surface area contributed by atoms with Gasteiger partial charge in [0.15, 0.2) is 0 Å². The van der Waals surface area contributed by atoms with Crippen molar-refractivity contribution in [2.24, 2.45) is 0 Å². The predicted molar refractivity (Wildman–Crippen MR) is 86.9 cm³/mol. The molecule has 4 nitrogen and oxygen atoms in total. The zero-order valence-electron chi connectivity index (χ0n) is 12.7. The average molecular weight is 348 g/mol. The van der Waals surface area contributed by atoms with Crippen LogP contribution in [0.15, 0.2) is 17.0 Å². The number of nitrogens with one attached hydrogen (secondary N) is 1. The molecule has 22 heavy (non-hydrogen) atoms. The van der Waals surface area contributed by atoms with Gasteiger partial charge in [0.2, 0.25) is 5.91 Å². The van der Waals surface area contributed by atoms with Crippen LogP contribution in [-0.2, 0) is 14.3 Å². The molecule has 1 N–H and O–H groups in total. The van der Waals surface area contributed by atoms with E-state index in [0.717, 1.165) is 17.8 Å². The number of benzene rings is 1. The van der Waals surface area contributed by atoms with E-state index in [1.807, 2.05) is 6.92 Å². The van der Waals surface area contributed by atoms with Gasteiger partial charge in [-0.1, -0.05) is 18.5 Å². The van der Waals surface area contributed by atoms with Crippen LogP contribution in [0.1, 0.15) is 33.6 Å². The topological polar surface area (TPSA) is 55.4 Å². The molecule has 1 rings (SSSR count). The Morgan fingerprint density at radius 1 is 1.41 bits per heavy atom. The normalized spacial score (nSPS) is 11.9. The standard InChI is InChI=1S/C15H19ClFNO3S/c1-4-6-14(19)18-12-8-13(10(16)7-11(12)17)22-9(3)15(20)21-5-2/h7-9H,4-6H2,1-3H3,(H,18,19). The highest BCUT2D eigenvalue weighted by molar-refractivity contribution is 8.00. The molecular weight excluding hydrogens is 329 g/mol. The van der Waals surface area contributed by atoms with Crippen LogP contribution in [0.4, 0.5) is 10.1 Å². The van der Waals surface area contributed by atoms with Gasteiger partial charge in [0.05, 0.1) is 17.3 Å². The van der Waals surface area contributed by atoms with E-state index in [0.29, 0.717) is 24.3 Å². The molecule has 1 unspecified atom stereocenters. The van der Waals surface area contributed by atoms with E-state index in [9.17, 15) is 14.0 Å². The molecule has 0 aliphatic carbocycles. The Hall–Kier alpha value is -1.27. The first-order chi connectivity index (χ1) is 10.4. The number of carbonyl (C=O) groups excluding carboxylic acids is 2. The lowest BCUT2D eigenvalue weighted by atomic mass is 10.2. The fourth-order valence-corrected chi connectivity index (χ4v) is 2.84. The van der Waals surface area contributed by atoms with Crippen molar-refractivity contribution < 1.29 is 18.7 Å². The number of amides is 1. The van der Waals surface area contributed by atoms with E-state index in [1.165, 1.54) is 6.07 Å². The first-order valence-electron chi connectivity index (χ1n) is 7.01. The van der Waals surface area contributed by atoms with Gasteiger partial charge in [-0.2, -0.15) is 0 Å². The lowest BCUT2D eigenvalue weighted by Crippen LogP contribution is -2.17. The molecule has 1 amide bonds. The molecule has 1 atom stereocenters. The summed E-state index contributed by atoms with van der Waals surface area (Å²) < 4.78 is 18.8. The molecule has 0 saturated heterocycles. The van der Waals surface area contributed by atoms with E-state index >= 15 is 0 Å². The largest absolute Gasteiger partial charge is 0.465 e. The van der Waals surface area contributed by atoms with Crippen molar-refractivity contribution in [2.45, 2.75) is 43.8 Å². The minimum absolute atomic E-state index is 0.0569. The van der Waals surface area contributed by atoms with Crippen LogP contribution in [0.3, 0.4) is 0 Å². The van der Waals surface area contributed by atoms with Gasteiger partial charge in [-0.15, -0.1) is 11.8 Å². The molecule has 0 aliphatic rings. The highest BCUT2D eigenvalue weighted by Gasteiger charge is 2.19. The quantitative estimate of drug-likeness (QED) is 0.591. The summed E-state index contributed by atoms with van der Waals surface area (Å²) in [6, 6.07) is 2.56. The van der Waals surface area contributed by atoms with Crippen LogP contribution in [0.25, 0.3) is 0 Å². The van der Waals surface area contributed by atoms with Crippen LogP contribution < -0.4 is 5.32 Å². The van der Waals surface area contributed by atoms with Crippen LogP contribution in [0.5, 0.6) is 0 Å². The van der Waals surface area contributed by atoms with Gasteiger partial charge >= 0.3 is 5.97 Å². The lowest BCUT2D eigenvalue weighted by molar-refractivity contribution is -0.142. The Morgan fingerprint density at radius 3 is 2.68 bits per heavy atom. The van der Waals surface area contributed by atoms with E-state index in [1.54, 1.807) is 13.8 Å². The van der Waals surface area contributed by atoms with E-state index in [-0.39, 0.29) is 22.6 Å². The van der Waals surface area contributed by atoms with Crippen molar-refractivity contribution in [3.63, 3.8) is 0 Å². The van der Waals surface area contributed by atoms with Gasteiger partial charge in [-0.3, -0.25) is 9.59 Å². The molecule has 1 aromatic carbocycles. The van der Waals surface area contributed by atoms with Crippen LogP contribution in [0, 0.1) is 5.82 Å². The van der Waals surface area contributed by atoms with Crippen molar-refractivity contribution in [2.75, 3.05) is 11.9 Å². The maximum atomic E-state index is 13.8. The minimum atomic E-state index is -0.609. The van der Waals surface area contributed by atoms with Gasteiger partial charge in [-0.25, -0.2) is 4.39 Å². The molecule has 0 aromatic heterocycles. The summed E-state index contributed by atoms with van der Waals surface area (Å²) in [6.45, 7) is 5.55. The predicted octanol–water partition coefficient (Wildman–Crippen LogP) is 4.26. The number of carbonyl (C=O) groups is 2. The second-order valence-corrected chi connectivity index (χ2v) is 6.36. The number of halogens is 2. The summed E-state index contributed by atoms with van der Waals surface area (Å²) in [5.74, 6) is -1.25. The molecule has 0 spiro atoms. The van der Waals surface area contributed by atoms with Gasteiger partial charge in [0.25, 0.3) is 0 Å². The molecule has 0 bridgehead atoms. The van der Waals surface area contributed by atoms with Crippen LogP contribution in [-0.4, -0.2) is 23.7 Å².